The van der Waals surface area contributed by atoms with Gasteiger partial charge >= 0.3 is 12.1 Å². The van der Waals surface area contributed by atoms with E-state index in [1.807, 2.05) is 0 Å². The van der Waals surface area contributed by atoms with E-state index < -0.39 is 17.7 Å². The number of benzene rings is 1. The monoisotopic (exact) mass is 415 g/mol. The molecule has 3 rings (SSSR count). The first-order chi connectivity index (χ1) is 12.8. The first-order valence-corrected chi connectivity index (χ1v) is 9.04. The molecule has 0 spiro atoms. The SMILES string of the molecule is CCOC(=O)c1cnn(Cc2nc(-c3cc(Cl)cc(C(F)(F)F)c3)cs2)c1. The molecular formula is C17H13ClF3N3O2S. The minimum atomic E-state index is -4.49. The average molecular weight is 416 g/mol. The van der Waals surface area contributed by atoms with Crippen molar-refractivity contribution in [1.29, 1.82) is 0 Å². The van der Waals surface area contributed by atoms with E-state index in [1.165, 1.54) is 34.5 Å². The van der Waals surface area contributed by atoms with Gasteiger partial charge in [0.2, 0.25) is 0 Å². The van der Waals surface area contributed by atoms with Crippen LogP contribution in [-0.4, -0.2) is 27.3 Å². The van der Waals surface area contributed by atoms with Crippen LogP contribution in [0.1, 0.15) is 27.9 Å². The van der Waals surface area contributed by atoms with Gasteiger partial charge in [0.05, 0.1) is 36.2 Å². The Hall–Kier alpha value is -2.39. The highest BCUT2D eigenvalue weighted by Gasteiger charge is 2.31. The highest BCUT2D eigenvalue weighted by molar-refractivity contribution is 7.09. The second kappa shape index (κ2) is 7.69. The molecule has 0 radical (unpaired) electrons. The van der Waals surface area contributed by atoms with Gasteiger partial charge in [-0.1, -0.05) is 11.6 Å². The third kappa shape index (κ3) is 4.67. The lowest BCUT2D eigenvalue weighted by atomic mass is 10.1. The van der Waals surface area contributed by atoms with E-state index in [1.54, 1.807) is 12.3 Å². The van der Waals surface area contributed by atoms with Gasteiger partial charge in [-0.3, -0.25) is 4.68 Å². The molecule has 5 nitrogen and oxygen atoms in total. The van der Waals surface area contributed by atoms with E-state index in [0.29, 0.717) is 16.3 Å². The Kier molecular flexibility index (Phi) is 5.52. The largest absolute Gasteiger partial charge is 0.462 e. The second-order valence-electron chi connectivity index (χ2n) is 5.50. The predicted octanol–water partition coefficient (Wildman–Crippen LogP) is 4.90. The van der Waals surface area contributed by atoms with E-state index in [-0.39, 0.29) is 23.7 Å². The van der Waals surface area contributed by atoms with Crippen molar-refractivity contribution in [2.75, 3.05) is 6.61 Å². The standard InChI is InChI=1S/C17H13ClF3N3O2S/c1-2-26-16(25)11-6-22-24(7-11)8-15-23-14(9-27-15)10-3-12(17(19,20)21)5-13(18)4-10/h3-7,9H,2,8H2,1H3. The molecule has 0 aliphatic rings. The predicted molar refractivity (Wildman–Crippen MR) is 94.8 cm³/mol. The van der Waals surface area contributed by atoms with Crippen molar-refractivity contribution in [3.8, 4) is 11.3 Å². The minimum absolute atomic E-state index is 0.0134. The third-order valence-electron chi connectivity index (χ3n) is 3.51. The highest BCUT2D eigenvalue weighted by atomic mass is 35.5. The van der Waals surface area contributed by atoms with Crippen molar-refractivity contribution in [2.45, 2.75) is 19.6 Å². The lowest BCUT2D eigenvalue weighted by Gasteiger charge is -2.08. The number of carbonyl (C=O) groups excluding carboxylic acids is 1. The summed E-state index contributed by atoms with van der Waals surface area (Å²) in [5, 5.41) is 6.33. The van der Waals surface area contributed by atoms with Gasteiger partial charge in [0.1, 0.15) is 5.01 Å². The maximum atomic E-state index is 13.0. The van der Waals surface area contributed by atoms with Crippen LogP contribution in [0.2, 0.25) is 5.02 Å². The van der Waals surface area contributed by atoms with Crippen molar-refractivity contribution in [3.05, 3.63) is 57.1 Å². The minimum Gasteiger partial charge on any atom is -0.462 e. The summed E-state index contributed by atoms with van der Waals surface area (Å²) in [6.07, 6.45) is -1.57. The van der Waals surface area contributed by atoms with Crippen LogP contribution >= 0.6 is 22.9 Å². The molecule has 27 heavy (non-hydrogen) atoms. The molecule has 0 fully saturated rings. The summed E-state index contributed by atoms with van der Waals surface area (Å²) < 4.78 is 45.3. The zero-order valence-corrected chi connectivity index (χ0v) is 15.5. The van der Waals surface area contributed by atoms with Crippen molar-refractivity contribution in [1.82, 2.24) is 14.8 Å². The number of aromatic nitrogens is 3. The first-order valence-electron chi connectivity index (χ1n) is 7.78. The molecule has 0 N–H and O–H groups in total. The molecule has 0 bridgehead atoms. The Labute approximate surface area is 161 Å². The van der Waals surface area contributed by atoms with Crippen LogP contribution in [0.4, 0.5) is 13.2 Å². The van der Waals surface area contributed by atoms with Crippen molar-refractivity contribution in [2.24, 2.45) is 0 Å². The zero-order chi connectivity index (χ0) is 19.6. The molecule has 0 unspecified atom stereocenters. The summed E-state index contributed by atoms with van der Waals surface area (Å²) in [5.41, 5.74) is 0.162. The number of ether oxygens (including phenoxy) is 1. The molecule has 0 aliphatic carbocycles. The molecule has 0 saturated heterocycles. The van der Waals surface area contributed by atoms with Gasteiger partial charge in [-0.15, -0.1) is 11.3 Å². The average Bonchev–Trinajstić information content (AvgIpc) is 3.24. The fraction of sp³-hybridized carbons (Fsp3) is 0.235. The smallest absolute Gasteiger partial charge is 0.416 e. The fourth-order valence-corrected chi connectivity index (χ4v) is 3.36. The number of carbonyl (C=O) groups is 1. The quantitative estimate of drug-likeness (QED) is 0.556. The number of halogens is 4. The number of hydrogen-bond acceptors (Lipinski definition) is 5. The summed E-state index contributed by atoms with van der Waals surface area (Å²) in [4.78, 5) is 16.0. The number of hydrogen-bond donors (Lipinski definition) is 0. The van der Waals surface area contributed by atoms with Crippen LogP contribution < -0.4 is 0 Å². The topological polar surface area (TPSA) is 57.0 Å². The molecular weight excluding hydrogens is 403 g/mol. The Balaban J connectivity index is 1.80. The molecule has 0 atom stereocenters. The normalized spacial score (nSPS) is 11.6. The zero-order valence-electron chi connectivity index (χ0n) is 14.0. The van der Waals surface area contributed by atoms with Crippen LogP contribution in [0.3, 0.4) is 0 Å². The maximum absolute atomic E-state index is 13.0. The van der Waals surface area contributed by atoms with Crippen molar-refractivity contribution < 1.29 is 22.7 Å². The van der Waals surface area contributed by atoms with E-state index in [2.05, 4.69) is 10.1 Å². The van der Waals surface area contributed by atoms with Crippen molar-refractivity contribution in [3.63, 3.8) is 0 Å². The summed E-state index contributed by atoms with van der Waals surface area (Å²) in [6.45, 7) is 2.25. The van der Waals surface area contributed by atoms with E-state index in [0.717, 1.165) is 12.1 Å². The number of nitrogens with zero attached hydrogens (tertiary/aromatic N) is 3. The van der Waals surface area contributed by atoms with Crippen LogP contribution in [0.25, 0.3) is 11.3 Å². The number of esters is 1. The van der Waals surface area contributed by atoms with Gasteiger partial charge in [-0.2, -0.15) is 18.3 Å². The van der Waals surface area contributed by atoms with Crippen LogP contribution in [-0.2, 0) is 17.5 Å². The summed E-state index contributed by atoms with van der Waals surface area (Å²) in [5.74, 6) is -0.470. The van der Waals surface area contributed by atoms with Crippen molar-refractivity contribution >= 4 is 28.9 Å². The molecule has 0 saturated carbocycles. The Morgan fingerprint density at radius 1 is 1.33 bits per heavy atom. The van der Waals surface area contributed by atoms with Crippen LogP contribution in [0.5, 0.6) is 0 Å². The van der Waals surface area contributed by atoms with Gasteiger partial charge < -0.3 is 4.74 Å². The third-order valence-corrected chi connectivity index (χ3v) is 4.57. The molecule has 142 valence electrons. The second-order valence-corrected chi connectivity index (χ2v) is 6.88. The fourth-order valence-electron chi connectivity index (χ4n) is 2.33. The lowest BCUT2D eigenvalue weighted by Crippen LogP contribution is -2.05. The Morgan fingerprint density at radius 2 is 2.11 bits per heavy atom. The van der Waals surface area contributed by atoms with Crippen LogP contribution in [0, 0.1) is 0 Å². The van der Waals surface area contributed by atoms with Gasteiger partial charge in [0.15, 0.2) is 0 Å². The summed E-state index contributed by atoms with van der Waals surface area (Å²) in [7, 11) is 0. The maximum Gasteiger partial charge on any atom is 0.416 e. The Bertz CT molecular complexity index is 968. The highest BCUT2D eigenvalue weighted by Crippen LogP contribution is 2.35. The van der Waals surface area contributed by atoms with Gasteiger partial charge in [-0.05, 0) is 25.1 Å². The molecule has 10 heteroatoms. The van der Waals surface area contributed by atoms with Gasteiger partial charge in [0, 0.05) is 22.2 Å². The van der Waals surface area contributed by atoms with Gasteiger partial charge in [-0.25, -0.2) is 9.78 Å². The van der Waals surface area contributed by atoms with E-state index in [9.17, 15) is 18.0 Å². The number of thiazole rings is 1. The molecule has 0 aliphatic heterocycles. The molecule has 0 amide bonds. The lowest BCUT2D eigenvalue weighted by molar-refractivity contribution is -0.137. The summed E-state index contributed by atoms with van der Waals surface area (Å²) in [6, 6.07) is 3.32. The van der Waals surface area contributed by atoms with Gasteiger partial charge in [0.25, 0.3) is 0 Å². The summed E-state index contributed by atoms with van der Waals surface area (Å²) >= 11 is 7.09. The number of alkyl halides is 3. The van der Waals surface area contributed by atoms with E-state index >= 15 is 0 Å². The Morgan fingerprint density at radius 3 is 2.81 bits per heavy atom. The molecule has 2 heterocycles. The van der Waals surface area contributed by atoms with E-state index in [4.69, 9.17) is 16.3 Å². The molecule has 1 aromatic carbocycles. The first kappa shape index (κ1) is 19.4. The molecule has 2 aromatic heterocycles. The number of rotatable bonds is 5. The molecule has 3 aromatic rings. The van der Waals surface area contributed by atoms with Crippen LogP contribution in [0.15, 0.2) is 36.0 Å².